The lowest BCUT2D eigenvalue weighted by Crippen LogP contribution is -2.34. The third-order valence-electron chi connectivity index (χ3n) is 5.84. The Morgan fingerprint density at radius 3 is 2.65 bits per heavy atom. The lowest BCUT2D eigenvalue weighted by Gasteiger charge is -2.38. The number of allylic oxidation sites excluding steroid dienone is 2. The third kappa shape index (κ3) is 2.68. The van der Waals surface area contributed by atoms with Crippen molar-refractivity contribution in [2.75, 3.05) is 5.32 Å². The van der Waals surface area contributed by atoms with Crippen LogP contribution in [0.25, 0.3) is 0 Å². The molecule has 0 radical (unpaired) electrons. The Labute approximate surface area is 155 Å². The first kappa shape index (κ1) is 17.1. The van der Waals surface area contributed by atoms with Gasteiger partial charge in [0.15, 0.2) is 11.6 Å². The Hall–Kier alpha value is -2.36. The number of carbonyl (C=O) groups excluding carboxylic acids is 1. The molecule has 2 N–H and O–H groups in total. The summed E-state index contributed by atoms with van der Waals surface area (Å²) in [6.07, 6.45) is 2.51. The van der Waals surface area contributed by atoms with Crippen molar-refractivity contribution < 1.29 is 4.79 Å². The third-order valence-corrected chi connectivity index (χ3v) is 5.84. The van der Waals surface area contributed by atoms with Crippen molar-refractivity contribution in [3.63, 3.8) is 0 Å². The van der Waals surface area contributed by atoms with Crippen molar-refractivity contribution >= 4 is 11.6 Å². The number of benzene rings is 1. The molecule has 2 aromatic rings. The molecule has 136 valence electrons. The number of carbonyl (C=O) groups is 1. The quantitative estimate of drug-likeness (QED) is 0.808. The van der Waals surface area contributed by atoms with Gasteiger partial charge in [-0.1, -0.05) is 58.0 Å². The first-order valence-corrected chi connectivity index (χ1v) is 9.57. The molecule has 2 atom stereocenters. The lowest BCUT2D eigenvalue weighted by molar-refractivity contribution is -0.118. The van der Waals surface area contributed by atoms with Crippen LogP contribution in [-0.4, -0.2) is 16.0 Å². The van der Waals surface area contributed by atoms with E-state index in [1.165, 1.54) is 5.56 Å². The van der Waals surface area contributed by atoms with Crippen molar-refractivity contribution in [2.24, 2.45) is 5.41 Å². The van der Waals surface area contributed by atoms with E-state index < -0.39 is 0 Å². The van der Waals surface area contributed by atoms with Gasteiger partial charge in [-0.3, -0.25) is 9.89 Å². The molecule has 26 heavy (non-hydrogen) atoms. The van der Waals surface area contributed by atoms with Crippen LogP contribution < -0.4 is 5.32 Å². The largest absolute Gasteiger partial charge is 0.342 e. The monoisotopic (exact) mass is 349 g/mol. The summed E-state index contributed by atoms with van der Waals surface area (Å²) in [5, 5.41) is 11.3. The van der Waals surface area contributed by atoms with E-state index in [2.05, 4.69) is 67.5 Å². The van der Waals surface area contributed by atoms with Gasteiger partial charge >= 0.3 is 0 Å². The molecule has 1 aromatic carbocycles. The smallest absolute Gasteiger partial charge is 0.162 e. The number of ketones is 1. The minimum absolute atomic E-state index is 0.0164. The minimum atomic E-state index is -0.0335. The number of nitrogens with zero attached hydrogens (tertiary/aromatic N) is 1. The molecule has 0 fully saturated rings. The number of fused-ring (bicyclic) bond motifs is 1. The summed E-state index contributed by atoms with van der Waals surface area (Å²) in [6, 6.07) is 10.4. The summed E-state index contributed by atoms with van der Waals surface area (Å²) in [6.45, 7) is 8.73. The molecule has 0 bridgehead atoms. The second-order valence-corrected chi connectivity index (χ2v) is 8.51. The number of hydrogen-bond acceptors (Lipinski definition) is 3. The molecule has 2 heterocycles. The van der Waals surface area contributed by atoms with Crippen molar-refractivity contribution in [2.45, 2.75) is 58.8 Å². The van der Waals surface area contributed by atoms with Crippen LogP contribution in [0.4, 0.5) is 5.82 Å². The Morgan fingerprint density at radius 2 is 1.96 bits per heavy atom. The number of Topliss-reactive ketones (excluding diaryl/α,β-unsaturated/α-hetero) is 1. The summed E-state index contributed by atoms with van der Waals surface area (Å²) in [5.41, 5.74) is 5.44. The van der Waals surface area contributed by atoms with Crippen LogP contribution in [0.3, 0.4) is 0 Å². The van der Waals surface area contributed by atoms with E-state index in [0.717, 1.165) is 41.2 Å². The van der Waals surface area contributed by atoms with E-state index in [-0.39, 0.29) is 17.1 Å². The minimum Gasteiger partial charge on any atom is -0.342 e. The van der Waals surface area contributed by atoms with Gasteiger partial charge in [-0.25, -0.2) is 0 Å². The Balaban J connectivity index is 1.93. The molecule has 0 saturated heterocycles. The molecule has 4 rings (SSSR count). The molecule has 0 amide bonds. The molecule has 1 aliphatic carbocycles. The zero-order valence-corrected chi connectivity index (χ0v) is 16.0. The van der Waals surface area contributed by atoms with E-state index in [1.807, 2.05) is 6.07 Å². The molecule has 1 aromatic heterocycles. The molecular formula is C22H27N3O. The highest BCUT2D eigenvalue weighted by atomic mass is 16.1. The average Bonchev–Trinajstić information content (AvgIpc) is 3.02. The fraction of sp³-hybridized carbons (Fsp3) is 0.455. The summed E-state index contributed by atoms with van der Waals surface area (Å²) < 4.78 is 0. The normalized spacial score (nSPS) is 22.5. The Kier molecular flexibility index (Phi) is 4.02. The van der Waals surface area contributed by atoms with Gasteiger partial charge in [0.05, 0.1) is 0 Å². The molecule has 2 aliphatic rings. The summed E-state index contributed by atoms with van der Waals surface area (Å²) in [7, 11) is 0. The van der Waals surface area contributed by atoms with E-state index in [4.69, 9.17) is 0 Å². The molecule has 0 spiro atoms. The predicted octanol–water partition coefficient (Wildman–Crippen LogP) is 5.12. The van der Waals surface area contributed by atoms with Gasteiger partial charge < -0.3 is 5.32 Å². The number of aromatic nitrogens is 2. The van der Waals surface area contributed by atoms with Gasteiger partial charge in [0, 0.05) is 34.9 Å². The number of nitrogens with one attached hydrogen (secondary N) is 2. The van der Waals surface area contributed by atoms with E-state index in [1.54, 1.807) is 0 Å². The van der Waals surface area contributed by atoms with E-state index in [9.17, 15) is 4.79 Å². The van der Waals surface area contributed by atoms with Gasteiger partial charge in [-0.15, -0.1) is 0 Å². The van der Waals surface area contributed by atoms with Crippen LogP contribution in [0.15, 0.2) is 41.6 Å². The highest BCUT2D eigenvalue weighted by Crippen LogP contribution is 2.50. The maximum Gasteiger partial charge on any atom is 0.162 e. The highest BCUT2D eigenvalue weighted by molar-refractivity contribution is 6.01. The van der Waals surface area contributed by atoms with Crippen LogP contribution in [0, 0.1) is 5.41 Å². The summed E-state index contributed by atoms with van der Waals surface area (Å²) >= 11 is 0. The van der Waals surface area contributed by atoms with E-state index >= 15 is 0 Å². The summed E-state index contributed by atoms with van der Waals surface area (Å²) in [4.78, 5) is 13.2. The zero-order chi connectivity index (χ0) is 18.5. The van der Waals surface area contributed by atoms with Crippen LogP contribution in [-0.2, 0) is 4.79 Å². The number of hydrogen-bond donors (Lipinski definition) is 2. The predicted molar refractivity (Wildman–Crippen MR) is 104 cm³/mol. The van der Waals surface area contributed by atoms with Crippen LogP contribution in [0.5, 0.6) is 0 Å². The maximum absolute atomic E-state index is 13.2. The van der Waals surface area contributed by atoms with Crippen molar-refractivity contribution in [1.29, 1.82) is 0 Å². The number of H-pyrrole nitrogens is 1. The van der Waals surface area contributed by atoms with Crippen LogP contribution in [0.2, 0.25) is 0 Å². The highest BCUT2D eigenvalue weighted by Gasteiger charge is 2.42. The van der Waals surface area contributed by atoms with Gasteiger partial charge in [0.1, 0.15) is 0 Å². The van der Waals surface area contributed by atoms with Crippen LogP contribution in [0.1, 0.15) is 75.6 Å². The fourth-order valence-corrected chi connectivity index (χ4v) is 4.38. The Morgan fingerprint density at radius 1 is 1.23 bits per heavy atom. The molecular weight excluding hydrogens is 322 g/mol. The number of anilines is 1. The van der Waals surface area contributed by atoms with Gasteiger partial charge in [0.2, 0.25) is 0 Å². The Bertz CT molecular complexity index is 876. The number of rotatable bonds is 3. The molecule has 4 nitrogen and oxygen atoms in total. The van der Waals surface area contributed by atoms with Crippen molar-refractivity contribution in [3.05, 3.63) is 58.4 Å². The molecule has 2 unspecified atom stereocenters. The topological polar surface area (TPSA) is 57.8 Å². The maximum atomic E-state index is 13.2. The lowest BCUT2D eigenvalue weighted by atomic mass is 9.68. The fourth-order valence-electron chi connectivity index (χ4n) is 4.38. The van der Waals surface area contributed by atoms with E-state index in [0.29, 0.717) is 12.3 Å². The molecule has 1 aliphatic heterocycles. The van der Waals surface area contributed by atoms with Crippen LogP contribution >= 0.6 is 0 Å². The zero-order valence-electron chi connectivity index (χ0n) is 16.0. The first-order valence-electron chi connectivity index (χ1n) is 9.57. The SMILES string of the molecule is CCC(C)c1[nH]nc2c1C(c1ccccc1)C1=C(CC(C)(C)CC1=O)N2. The standard InChI is InChI=1S/C22H27N3O/c1-5-13(2)20-19-17(14-9-7-6-8-10-14)18-15(23-21(19)25-24-20)11-22(3,4)12-16(18)26/h6-10,13,17H,5,11-12H2,1-4H3,(H2,23,24,25). The first-order chi connectivity index (χ1) is 12.4. The van der Waals surface area contributed by atoms with Crippen molar-refractivity contribution in [3.8, 4) is 0 Å². The van der Waals surface area contributed by atoms with Gasteiger partial charge in [-0.2, -0.15) is 5.10 Å². The summed E-state index contributed by atoms with van der Waals surface area (Å²) in [5.74, 6) is 1.49. The van der Waals surface area contributed by atoms with Gasteiger partial charge in [0.25, 0.3) is 0 Å². The number of aromatic amines is 1. The molecule has 4 heteroatoms. The second-order valence-electron chi connectivity index (χ2n) is 8.51. The average molecular weight is 349 g/mol. The van der Waals surface area contributed by atoms with Crippen molar-refractivity contribution in [1.82, 2.24) is 10.2 Å². The second kappa shape index (κ2) is 6.11. The van der Waals surface area contributed by atoms with Gasteiger partial charge in [-0.05, 0) is 29.7 Å². The molecule has 0 saturated carbocycles.